The number of nitriles is 1. The number of para-hydroxylation sites is 1. The number of halogens is 2. The van der Waals surface area contributed by atoms with Crippen LogP contribution < -0.4 is 5.32 Å². The summed E-state index contributed by atoms with van der Waals surface area (Å²) in [6.07, 6.45) is 1.54. The van der Waals surface area contributed by atoms with E-state index < -0.39 is 0 Å². The number of anilines is 2. The summed E-state index contributed by atoms with van der Waals surface area (Å²) < 4.78 is 12.9. The average molecular weight is 300 g/mol. The minimum Gasteiger partial charge on any atom is -0.354 e. The maximum absolute atomic E-state index is 12.9. The Morgan fingerprint density at radius 1 is 1.05 bits per heavy atom. The Morgan fingerprint density at radius 2 is 1.76 bits per heavy atom. The van der Waals surface area contributed by atoms with E-state index in [4.69, 9.17) is 0 Å². The van der Waals surface area contributed by atoms with E-state index in [0.29, 0.717) is 11.3 Å². The van der Waals surface area contributed by atoms with E-state index in [9.17, 15) is 9.65 Å². The van der Waals surface area contributed by atoms with Gasteiger partial charge in [0.1, 0.15) is 11.9 Å². The molecule has 1 N–H and O–H groups in total. The number of rotatable bonds is 2. The fourth-order valence-corrected chi connectivity index (χ4v) is 2.04. The van der Waals surface area contributed by atoms with Crippen LogP contribution in [0, 0.1) is 17.1 Å². The van der Waals surface area contributed by atoms with Gasteiger partial charge in [0.15, 0.2) is 0 Å². The Bertz CT molecular complexity index is 810. The maximum atomic E-state index is 12.9. The number of hydrogen-bond donors (Lipinski definition) is 1. The van der Waals surface area contributed by atoms with Crippen LogP contribution in [0.2, 0.25) is 0 Å². The highest BCUT2D eigenvalue weighted by Gasteiger charge is 2.08. The molecule has 3 rings (SSSR count). The standard InChI is InChI=1S/C16H10FN3.ClH/c17-12-5-7-13(8-6-12)20-16-11(9-18)10-19-15-4-2-1-3-14(15)16;/h1-8,10H,(H,19,20);1H. The van der Waals surface area contributed by atoms with Crippen LogP contribution in [0.3, 0.4) is 0 Å². The quantitative estimate of drug-likeness (QED) is 0.762. The van der Waals surface area contributed by atoms with E-state index in [0.717, 1.165) is 16.6 Å². The van der Waals surface area contributed by atoms with Crippen LogP contribution in [0.15, 0.2) is 54.7 Å². The number of nitrogens with zero attached hydrogens (tertiary/aromatic N) is 2. The first-order valence-electron chi connectivity index (χ1n) is 6.08. The van der Waals surface area contributed by atoms with Gasteiger partial charge >= 0.3 is 0 Å². The van der Waals surface area contributed by atoms with Crippen molar-refractivity contribution in [3.05, 3.63) is 66.1 Å². The highest BCUT2D eigenvalue weighted by Crippen LogP contribution is 2.28. The largest absolute Gasteiger partial charge is 0.354 e. The molecule has 0 saturated carbocycles. The van der Waals surface area contributed by atoms with Crippen LogP contribution in [0.4, 0.5) is 15.8 Å². The van der Waals surface area contributed by atoms with Gasteiger partial charge in [0.2, 0.25) is 0 Å². The third kappa shape index (κ3) is 2.93. The first-order valence-corrected chi connectivity index (χ1v) is 6.08. The zero-order chi connectivity index (χ0) is 13.9. The molecule has 0 bridgehead atoms. The highest BCUT2D eigenvalue weighted by molar-refractivity contribution is 5.95. The number of fused-ring (bicyclic) bond motifs is 1. The molecule has 0 amide bonds. The number of pyridine rings is 1. The van der Waals surface area contributed by atoms with Gasteiger partial charge in [0.25, 0.3) is 0 Å². The molecule has 1 heterocycles. The lowest BCUT2D eigenvalue weighted by atomic mass is 10.1. The predicted molar refractivity (Wildman–Crippen MR) is 83.4 cm³/mol. The molecule has 0 spiro atoms. The zero-order valence-corrected chi connectivity index (χ0v) is 11.7. The number of hydrogen-bond acceptors (Lipinski definition) is 3. The molecule has 0 aliphatic heterocycles. The molecule has 0 saturated heterocycles. The molecule has 0 atom stereocenters. The van der Waals surface area contributed by atoms with Crippen LogP contribution in [0.25, 0.3) is 10.9 Å². The normalized spacial score (nSPS) is 9.71. The minimum absolute atomic E-state index is 0. The van der Waals surface area contributed by atoms with Crippen LogP contribution >= 0.6 is 12.4 Å². The van der Waals surface area contributed by atoms with E-state index in [1.807, 2.05) is 24.3 Å². The molecule has 0 unspecified atom stereocenters. The van der Waals surface area contributed by atoms with E-state index in [1.54, 1.807) is 12.1 Å². The fraction of sp³-hybridized carbons (Fsp3) is 0. The van der Waals surface area contributed by atoms with Gasteiger partial charge in [-0.1, -0.05) is 18.2 Å². The molecule has 0 fully saturated rings. The van der Waals surface area contributed by atoms with Crippen LogP contribution in [-0.4, -0.2) is 4.98 Å². The van der Waals surface area contributed by atoms with Crippen molar-refractivity contribution < 1.29 is 4.39 Å². The predicted octanol–water partition coefficient (Wildman–Crippen LogP) is 4.41. The lowest BCUT2D eigenvalue weighted by molar-refractivity contribution is 0.628. The molecule has 21 heavy (non-hydrogen) atoms. The zero-order valence-electron chi connectivity index (χ0n) is 10.9. The summed E-state index contributed by atoms with van der Waals surface area (Å²) in [5.41, 5.74) is 2.66. The van der Waals surface area contributed by atoms with Crippen molar-refractivity contribution in [2.24, 2.45) is 0 Å². The summed E-state index contributed by atoms with van der Waals surface area (Å²) in [5, 5.41) is 13.2. The Hall–Kier alpha value is -2.64. The molecule has 3 nitrogen and oxygen atoms in total. The Kier molecular flexibility index (Phi) is 4.36. The summed E-state index contributed by atoms with van der Waals surface area (Å²) in [5.74, 6) is -0.296. The van der Waals surface area contributed by atoms with Crippen molar-refractivity contribution in [2.45, 2.75) is 0 Å². The van der Waals surface area contributed by atoms with Gasteiger partial charge in [0.05, 0.1) is 16.8 Å². The van der Waals surface area contributed by atoms with Crippen molar-refractivity contribution in [1.82, 2.24) is 4.98 Å². The molecule has 104 valence electrons. The van der Waals surface area contributed by atoms with Gasteiger partial charge in [-0.25, -0.2) is 4.39 Å². The van der Waals surface area contributed by atoms with Crippen molar-refractivity contribution in [3.63, 3.8) is 0 Å². The van der Waals surface area contributed by atoms with E-state index in [-0.39, 0.29) is 18.2 Å². The molecule has 1 aromatic heterocycles. The molecule has 3 aromatic rings. The Labute approximate surface area is 127 Å². The lowest BCUT2D eigenvalue weighted by Crippen LogP contribution is -1.96. The van der Waals surface area contributed by atoms with Gasteiger partial charge in [0, 0.05) is 17.3 Å². The molecule has 2 aromatic carbocycles. The van der Waals surface area contributed by atoms with E-state index >= 15 is 0 Å². The van der Waals surface area contributed by atoms with Gasteiger partial charge < -0.3 is 5.32 Å². The first kappa shape index (κ1) is 14.8. The molecular formula is C16H11ClFN3. The van der Waals surface area contributed by atoms with Crippen LogP contribution in [0.5, 0.6) is 0 Å². The second kappa shape index (κ2) is 6.21. The van der Waals surface area contributed by atoms with Gasteiger partial charge in [-0.2, -0.15) is 5.26 Å². The van der Waals surface area contributed by atoms with Crippen molar-refractivity contribution >= 4 is 34.7 Å². The van der Waals surface area contributed by atoms with E-state index in [1.165, 1.54) is 18.3 Å². The summed E-state index contributed by atoms with van der Waals surface area (Å²) in [4.78, 5) is 4.25. The molecule has 0 radical (unpaired) electrons. The van der Waals surface area contributed by atoms with Gasteiger partial charge in [-0.3, -0.25) is 4.98 Å². The fourth-order valence-electron chi connectivity index (χ4n) is 2.04. The second-order valence-electron chi connectivity index (χ2n) is 4.31. The van der Waals surface area contributed by atoms with Gasteiger partial charge in [-0.05, 0) is 30.3 Å². The average Bonchev–Trinajstić information content (AvgIpc) is 2.50. The molecular weight excluding hydrogens is 289 g/mol. The third-order valence-electron chi connectivity index (χ3n) is 3.01. The van der Waals surface area contributed by atoms with Gasteiger partial charge in [-0.15, -0.1) is 12.4 Å². The van der Waals surface area contributed by atoms with Crippen LogP contribution in [0.1, 0.15) is 5.56 Å². The SMILES string of the molecule is Cl.N#Cc1cnc2ccccc2c1Nc1ccc(F)cc1. The van der Waals surface area contributed by atoms with Crippen LogP contribution in [-0.2, 0) is 0 Å². The third-order valence-corrected chi connectivity index (χ3v) is 3.01. The summed E-state index contributed by atoms with van der Waals surface area (Å²) in [7, 11) is 0. The lowest BCUT2D eigenvalue weighted by Gasteiger charge is -2.11. The Balaban J connectivity index is 0.00000161. The summed E-state index contributed by atoms with van der Waals surface area (Å²) in [6, 6.07) is 15.7. The number of aromatic nitrogens is 1. The smallest absolute Gasteiger partial charge is 0.123 e. The summed E-state index contributed by atoms with van der Waals surface area (Å²) in [6.45, 7) is 0. The Morgan fingerprint density at radius 3 is 2.48 bits per heavy atom. The van der Waals surface area contributed by atoms with E-state index in [2.05, 4.69) is 16.4 Å². The summed E-state index contributed by atoms with van der Waals surface area (Å²) >= 11 is 0. The first-order chi connectivity index (χ1) is 9.78. The van der Waals surface area contributed by atoms with Crippen molar-refractivity contribution in [1.29, 1.82) is 5.26 Å². The highest BCUT2D eigenvalue weighted by atomic mass is 35.5. The minimum atomic E-state index is -0.296. The number of benzene rings is 2. The van der Waals surface area contributed by atoms with Crippen molar-refractivity contribution in [2.75, 3.05) is 5.32 Å². The topological polar surface area (TPSA) is 48.7 Å². The maximum Gasteiger partial charge on any atom is 0.123 e. The second-order valence-corrected chi connectivity index (χ2v) is 4.31. The van der Waals surface area contributed by atoms with Crippen molar-refractivity contribution in [3.8, 4) is 6.07 Å². The monoisotopic (exact) mass is 299 g/mol. The molecule has 0 aliphatic carbocycles. The molecule has 5 heteroatoms. The number of nitrogens with one attached hydrogen (secondary N) is 1. The molecule has 0 aliphatic rings.